The Bertz CT molecular complexity index is 886. The molecule has 0 aromatic heterocycles. The van der Waals surface area contributed by atoms with Gasteiger partial charge in [0.15, 0.2) is 18.1 Å². The third-order valence-electron chi connectivity index (χ3n) is 3.80. The van der Waals surface area contributed by atoms with E-state index in [0.717, 1.165) is 5.56 Å². The number of rotatable bonds is 6. The summed E-state index contributed by atoms with van der Waals surface area (Å²) in [5.74, 6) is 0.298. The number of carbonyl (C=O) groups excluding carboxylic acids is 2. The van der Waals surface area contributed by atoms with Gasteiger partial charge in [-0.25, -0.2) is 4.79 Å². The quantitative estimate of drug-likeness (QED) is 0.572. The van der Waals surface area contributed by atoms with Gasteiger partial charge in [0.05, 0.1) is 17.8 Å². The monoisotopic (exact) mass is 392 g/mol. The fraction of sp³-hybridized carbons (Fsp3) is 0.222. The van der Waals surface area contributed by atoms with Crippen molar-refractivity contribution >= 4 is 29.2 Å². The summed E-state index contributed by atoms with van der Waals surface area (Å²) >= 11 is 5.92. The van der Waals surface area contributed by atoms with Gasteiger partial charge in [-0.15, -0.1) is 0 Å². The number of halogens is 1. The van der Waals surface area contributed by atoms with Crippen molar-refractivity contribution in [3.63, 3.8) is 0 Å². The molecule has 0 spiro atoms. The number of carbonyl (C=O) groups is 2. The van der Waals surface area contributed by atoms with Gasteiger partial charge >= 0.3 is 5.97 Å². The molecule has 0 radical (unpaired) electrons. The van der Waals surface area contributed by atoms with Gasteiger partial charge in [-0.1, -0.05) is 17.7 Å². The summed E-state index contributed by atoms with van der Waals surface area (Å²) in [6.07, 6.45) is 0. The summed E-state index contributed by atoms with van der Waals surface area (Å²) < 4.78 is 20.6. The second-order valence-electron chi connectivity index (χ2n) is 5.61. The Labute approximate surface area is 160 Å². The fourth-order valence-corrected chi connectivity index (χ4v) is 2.57. The fourth-order valence-electron chi connectivity index (χ4n) is 2.41. The molecule has 0 fully saturated rings. The number of nitrogens with two attached hydrogens (primary N) is 1. The number of nitrogen functional groups attached to an aromatic ring is 1. The molecule has 142 valence electrons. The third-order valence-corrected chi connectivity index (χ3v) is 4.13. The highest BCUT2D eigenvalue weighted by molar-refractivity contribution is 6.33. The van der Waals surface area contributed by atoms with Crippen molar-refractivity contribution in [1.29, 1.82) is 0 Å². The summed E-state index contributed by atoms with van der Waals surface area (Å²) in [7, 11) is 1.39. The van der Waals surface area contributed by atoms with E-state index in [1.165, 1.54) is 19.2 Å². The molecule has 0 aliphatic carbocycles. The van der Waals surface area contributed by atoms with E-state index in [1.54, 1.807) is 18.2 Å². The Kier molecular flexibility index (Phi) is 5.56. The zero-order valence-electron chi connectivity index (χ0n) is 14.4. The minimum Gasteiger partial charge on any atom is -0.496 e. The molecule has 2 aromatic rings. The average Bonchev–Trinajstić information content (AvgIpc) is 3.14. The van der Waals surface area contributed by atoms with Gasteiger partial charge in [-0.2, -0.15) is 0 Å². The highest BCUT2D eigenvalue weighted by Crippen LogP contribution is 2.32. The second kappa shape index (κ2) is 8.05. The number of hydrogen-bond acceptors (Lipinski definition) is 7. The van der Waals surface area contributed by atoms with Crippen LogP contribution < -0.4 is 25.3 Å². The van der Waals surface area contributed by atoms with Crippen LogP contribution in [-0.2, 0) is 16.1 Å². The van der Waals surface area contributed by atoms with Crippen LogP contribution in [0.2, 0.25) is 5.02 Å². The number of methoxy groups -OCH3 is 1. The van der Waals surface area contributed by atoms with Crippen LogP contribution in [0, 0.1) is 0 Å². The van der Waals surface area contributed by atoms with Crippen LogP contribution in [0.25, 0.3) is 0 Å². The number of hydrogen-bond donors (Lipinski definition) is 2. The summed E-state index contributed by atoms with van der Waals surface area (Å²) in [6.45, 7) is -0.0156. The topological polar surface area (TPSA) is 109 Å². The van der Waals surface area contributed by atoms with Crippen LogP contribution in [0.1, 0.15) is 15.9 Å². The van der Waals surface area contributed by atoms with E-state index in [-0.39, 0.29) is 35.4 Å². The molecule has 0 atom stereocenters. The first-order valence-electron chi connectivity index (χ1n) is 7.93. The first-order chi connectivity index (χ1) is 13.0. The first-order valence-corrected chi connectivity index (χ1v) is 8.31. The first kappa shape index (κ1) is 18.7. The second-order valence-corrected chi connectivity index (χ2v) is 6.02. The number of amides is 1. The Morgan fingerprint density at radius 2 is 2.00 bits per heavy atom. The van der Waals surface area contributed by atoms with E-state index in [1.807, 2.05) is 0 Å². The molecule has 3 N–H and O–H groups in total. The lowest BCUT2D eigenvalue weighted by Gasteiger charge is -2.11. The lowest BCUT2D eigenvalue weighted by molar-refractivity contribution is -0.124. The van der Waals surface area contributed by atoms with E-state index in [9.17, 15) is 9.59 Å². The predicted octanol–water partition coefficient (Wildman–Crippen LogP) is 2.13. The van der Waals surface area contributed by atoms with Gasteiger partial charge in [0.2, 0.25) is 6.79 Å². The maximum Gasteiger partial charge on any atom is 0.342 e. The molecule has 9 heteroatoms. The van der Waals surface area contributed by atoms with Crippen LogP contribution in [0.5, 0.6) is 17.2 Å². The largest absolute Gasteiger partial charge is 0.496 e. The number of anilines is 1. The molecular weight excluding hydrogens is 376 g/mol. The summed E-state index contributed by atoms with van der Waals surface area (Å²) in [4.78, 5) is 24.1. The Morgan fingerprint density at radius 3 is 2.78 bits per heavy atom. The number of esters is 1. The Morgan fingerprint density at radius 1 is 1.22 bits per heavy atom. The predicted molar refractivity (Wildman–Crippen MR) is 97.1 cm³/mol. The average molecular weight is 393 g/mol. The van der Waals surface area contributed by atoms with Gasteiger partial charge in [-0.3, -0.25) is 4.79 Å². The minimum absolute atomic E-state index is 0.0836. The van der Waals surface area contributed by atoms with Gasteiger partial charge in [0, 0.05) is 12.6 Å². The molecule has 0 unspecified atom stereocenters. The third kappa shape index (κ3) is 4.35. The van der Waals surface area contributed by atoms with Crippen LogP contribution in [0.15, 0.2) is 30.3 Å². The summed E-state index contributed by atoms with van der Waals surface area (Å²) in [5, 5.41) is 2.85. The van der Waals surface area contributed by atoms with Crippen LogP contribution in [-0.4, -0.2) is 32.4 Å². The number of ether oxygens (including phenoxy) is 4. The van der Waals surface area contributed by atoms with Crippen molar-refractivity contribution in [1.82, 2.24) is 5.32 Å². The maximum absolute atomic E-state index is 12.2. The Balaban J connectivity index is 1.53. The van der Waals surface area contributed by atoms with Crippen LogP contribution in [0.4, 0.5) is 5.69 Å². The zero-order chi connectivity index (χ0) is 19.4. The molecule has 0 bridgehead atoms. The smallest absolute Gasteiger partial charge is 0.342 e. The SMILES string of the molecule is COc1cc(N)c(Cl)cc1C(=O)OCC(=O)NCc1ccc2c(c1)OCO2. The van der Waals surface area contributed by atoms with Crippen molar-refractivity contribution in [3.8, 4) is 17.2 Å². The normalized spacial score (nSPS) is 11.8. The molecule has 1 heterocycles. The summed E-state index contributed by atoms with van der Waals surface area (Å²) in [6, 6.07) is 8.10. The highest BCUT2D eigenvalue weighted by Gasteiger charge is 2.18. The van der Waals surface area contributed by atoms with Gasteiger partial charge in [-0.05, 0) is 23.8 Å². The van der Waals surface area contributed by atoms with E-state index < -0.39 is 18.5 Å². The van der Waals surface area contributed by atoms with E-state index in [4.69, 9.17) is 36.3 Å². The van der Waals surface area contributed by atoms with Gasteiger partial charge in [0.25, 0.3) is 5.91 Å². The van der Waals surface area contributed by atoms with Gasteiger partial charge < -0.3 is 30.0 Å². The Hall–Kier alpha value is -3.13. The highest BCUT2D eigenvalue weighted by atomic mass is 35.5. The lowest BCUT2D eigenvalue weighted by atomic mass is 10.2. The molecule has 2 aromatic carbocycles. The van der Waals surface area contributed by atoms with Crippen LogP contribution in [0.3, 0.4) is 0 Å². The lowest BCUT2D eigenvalue weighted by Crippen LogP contribution is -2.28. The van der Waals surface area contributed by atoms with Crippen molar-refractivity contribution in [2.45, 2.75) is 6.54 Å². The standard InChI is InChI=1S/C18H17ClN2O6/c1-24-15-6-13(20)12(19)5-11(15)18(23)25-8-17(22)21-7-10-2-3-14-16(4-10)27-9-26-14/h2-6H,7-9,20H2,1H3,(H,21,22). The minimum atomic E-state index is -0.744. The van der Waals surface area contributed by atoms with Crippen LogP contribution >= 0.6 is 11.6 Å². The molecule has 0 saturated carbocycles. The molecule has 1 aliphatic rings. The number of nitrogens with one attached hydrogen (secondary N) is 1. The maximum atomic E-state index is 12.2. The molecule has 3 rings (SSSR count). The van der Waals surface area contributed by atoms with Crippen molar-refractivity contribution in [3.05, 3.63) is 46.5 Å². The van der Waals surface area contributed by atoms with Crippen molar-refractivity contribution < 1.29 is 28.5 Å². The molecule has 1 aliphatic heterocycles. The van der Waals surface area contributed by atoms with Crippen molar-refractivity contribution in [2.75, 3.05) is 26.2 Å². The molecule has 27 heavy (non-hydrogen) atoms. The summed E-state index contributed by atoms with van der Waals surface area (Å²) in [5.41, 5.74) is 6.85. The van der Waals surface area contributed by atoms with E-state index in [0.29, 0.717) is 11.5 Å². The van der Waals surface area contributed by atoms with E-state index in [2.05, 4.69) is 5.32 Å². The molecule has 0 saturated heterocycles. The zero-order valence-corrected chi connectivity index (χ0v) is 15.2. The number of fused-ring (bicyclic) bond motifs is 1. The molecular formula is C18H17ClN2O6. The van der Waals surface area contributed by atoms with Crippen molar-refractivity contribution in [2.24, 2.45) is 0 Å². The number of benzene rings is 2. The molecule has 1 amide bonds. The molecule has 8 nitrogen and oxygen atoms in total. The van der Waals surface area contributed by atoms with Gasteiger partial charge in [0.1, 0.15) is 11.3 Å². The van der Waals surface area contributed by atoms with E-state index >= 15 is 0 Å².